The van der Waals surface area contributed by atoms with Crippen LogP contribution in [0.5, 0.6) is 5.75 Å². The molecule has 0 saturated heterocycles. The minimum Gasteiger partial charge on any atom is -0.507 e. The molecule has 1 aromatic heterocycles. The van der Waals surface area contributed by atoms with Gasteiger partial charge in [-0.2, -0.15) is 0 Å². The Morgan fingerprint density at radius 3 is 2.14 bits per heavy atom. The second-order valence-corrected chi connectivity index (χ2v) is 10.1. The van der Waals surface area contributed by atoms with Crippen molar-refractivity contribution in [1.82, 2.24) is 4.98 Å². The maximum Gasteiger partial charge on any atom is 0.311 e. The summed E-state index contributed by atoms with van der Waals surface area (Å²) in [6.07, 6.45) is 0.109. The summed E-state index contributed by atoms with van der Waals surface area (Å²) in [6, 6.07) is 4.08. The first-order chi connectivity index (χ1) is 12.8. The Morgan fingerprint density at radius 1 is 1.14 bits per heavy atom. The molecular weight excluding hydrogens is 374 g/mol. The fraction of sp³-hybridized carbons (Fsp3) is 0.545. The smallest absolute Gasteiger partial charge is 0.311 e. The van der Waals surface area contributed by atoms with Gasteiger partial charge in [-0.15, -0.1) is 11.8 Å². The fourth-order valence-corrected chi connectivity index (χ4v) is 3.72. The highest BCUT2D eigenvalue weighted by Gasteiger charge is 2.26. The number of hydrogen-bond donors (Lipinski definition) is 1. The first-order valence-corrected chi connectivity index (χ1v) is 10.3. The van der Waals surface area contributed by atoms with Gasteiger partial charge in [0, 0.05) is 16.0 Å². The molecule has 0 unspecified atom stereocenters. The van der Waals surface area contributed by atoms with Crippen LogP contribution in [0.4, 0.5) is 0 Å². The number of rotatable bonds is 5. The molecule has 2 rings (SSSR count). The lowest BCUT2D eigenvalue weighted by Gasteiger charge is -2.28. The Labute approximate surface area is 171 Å². The minimum atomic E-state index is -0.334. The maximum absolute atomic E-state index is 11.5. The first kappa shape index (κ1) is 22.3. The number of hydrogen-bond acceptors (Lipinski definition) is 6. The molecule has 1 aromatic carbocycles. The lowest BCUT2D eigenvalue weighted by molar-refractivity contribution is -0.139. The number of benzene rings is 1. The molecule has 0 aliphatic rings. The second kappa shape index (κ2) is 8.19. The van der Waals surface area contributed by atoms with E-state index in [1.165, 1.54) is 7.11 Å². The number of ether oxygens (including phenoxy) is 1. The van der Waals surface area contributed by atoms with Crippen molar-refractivity contribution in [2.45, 2.75) is 76.4 Å². The number of aromatic nitrogens is 1. The van der Waals surface area contributed by atoms with Crippen molar-refractivity contribution in [2.24, 2.45) is 0 Å². The number of phenolic OH excluding ortho intramolecular Hbond substituents is 1. The van der Waals surface area contributed by atoms with Gasteiger partial charge in [0.05, 0.1) is 25.0 Å². The Hall–Kier alpha value is -1.95. The van der Waals surface area contributed by atoms with Crippen LogP contribution >= 0.6 is 11.8 Å². The normalized spacial score (nSPS) is 12.3. The van der Waals surface area contributed by atoms with E-state index in [2.05, 4.69) is 46.5 Å². The Kier molecular flexibility index (Phi) is 6.54. The van der Waals surface area contributed by atoms with Gasteiger partial charge in [-0.1, -0.05) is 41.5 Å². The third kappa shape index (κ3) is 5.31. The summed E-state index contributed by atoms with van der Waals surface area (Å²) in [5.41, 5.74) is 2.12. The Bertz CT molecular complexity index is 821. The molecular formula is C22H31NO4S. The number of phenols is 1. The number of carbonyl (C=O) groups excluding carboxylic acids is 1. The van der Waals surface area contributed by atoms with E-state index < -0.39 is 0 Å². The highest BCUT2D eigenvalue weighted by Crippen LogP contribution is 2.42. The summed E-state index contributed by atoms with van der Waals surface area (Å²) in [5, 5.41) is 10.8. The highest BCUT2D eigenvalue weighted by molar-refractivity contribution is 7.98. The average molecular weight is 406 g/mol. The Balaban J connectivity index is 2.29. The third-order valence-electron chi connectivity index (χ3n) is 4.54. The third-order valence-corrected chi connectivity index (χ3v) is 5.50. The molecule has 0 atom stereocenters. The summed E-state index contributed by atoms with van der Waals surface area (Å²) in [4.78, 5) is 17.0. The van der Waals surface area contributed by atoms with Crippen LogP contribution < -0.4 is 0 Å². The van der Waals surface area contributed by atoms with Crippen LogP contribution in [0.3, 0.4) is 0 Å². The number of nitrogens with zero attached hydrogens (tertiary/aromatic N) is 1. The van der Waals surface area contributed by atoms with Crippen molar-refractivity contribution in [3.05, 3.63) is 40.6 Å². The number of aryl methyl sites for hydroxylation is 1. The van der Waals surface area contributed by atoms with Gasteiger partial charge in [-0.05, 0) is 29.9 Å². The molecule has 1 N–H and O–H groups in total. The van der Waals surface area contributed by atoms with Gasteiger partial charge >= 0.3 is 5.97 Å². The van der Waals surface area contributed by atoms with E-state index in [9.17, 15) is 9.90 Å². The molecule has 6 heteroatoms. The number of thioether (sulfide) groups is 1. The molecule has 0 aliphatic carbocycles. The molecule has 0 saturated carbocycles. The molecule has 0 aliphatic heterocycles. The van der Waals surface area contributed by atoms with Gasteiger partial charge < -0.3 is 14.3 Å². The zero-order chi connectivity index (χ0) is 21.3. The van der Waals surface area contributed by atoms with E-state index >= 15 is 0 Å². The number of methoxy groups -OCH3 is 1. The number of aromatic hydroxyl groups is 1. The van der Waals surface area contributed by atoms with Crippen molar-refractivity contribution in [2.75, 3.05) is 7.11 Å². The van der Waals surface area contributed by atoms with Gasteiger partial charge in [0.25, 0.3) is 0 Å². The standard InChI is InChI=1S/C22H31NO4S/c1-13-17(11-19(24)26-8)23-18(27-13)12-28-14-9-15(21(2,3)4)20(25)16(10-14)22(5,6)7/h9-10,25H,11-12H2,1-8H3. The summed E-state index contributed by atoms with van der Waals surface area (Å²) in [5.74, 6) is 1.79. The van der Waals surface area contributed by atoms with Crippen LogP contribution in [-0.4, -0.2) is 23.2 Å². The van der Waals surface area contributed by atoms with Crippen molar-refractivity contribution in [1.29, 1.82) is 0 Å². The van der Waals surface area contributed by atoms with Crippen LogP contribution in [-0.2, 0) is 32.5 Å². The van der Waals surface area contributed by atoms with Crippen LogP contribution in [0.15, 0.2) is 21.4 Å². The van der Waals surface area contributed by atoms with Crippen molar-refractivity contribution in [3.8, 4) is 5.75 Å². The van der Waals surface area contributed by atoms with E-state index in [4.69, 9.17) is 9.15 Å². The van der Waals surface area contributed by atoms with Crippen molar-refractivity contribution in [3.63, 3.8) is 0 Å². The number of esters is 1. The van der Waals surface area contributed by atoms with E-state index in [1.807, 2.05) is 12.1 Å². The monoisotopic (exact) mass is 405 g/mol. The fourth-order valence-electron chi connectivity index (χ4n) is 2.90. The molecule has 5 nitrogen and oxygen atoms in total. The van der Waals surface area contributed by atoms with E-state index in [0.717, 1.165) is 16.0 Å². The zero-order valence-corrected chi connectivity index (χ0v) is 18.9. The molecule has 154 valence electrons. The SMILES string of the molecule is COC(=O)Cc1nc(CSc2cc(C(C)(C)C)c(O)c(C(C)(C)C)c2)oc1C. The summed E-state index contributed by atoms with van der Waals surface area (Å²) in [7, 11) is 1.36. The van der Waals surface area contributed by atoms with E-state index in [0.29, 0.717) is 28.8 Å². The van der Waals surface area contributed by atoms with E-state index in [-0.39, 0.29) is 23.2 Å². The molecule has 2 aromatic rings. The first-order valence-electron chi connectivity index (χ1n) is 9.35. The topological polar surface area (TPSA) is 72.6 Å². The van der Waals surface area contributed by atoms with Crippen LogP contribution in [0, 0.1) is 6.92 Å². The van der Waals surface area contributed by atoms with Crippen molar-refractivity contribution >= 4 is 17.7 Å². The molecule has 0 spiro atoms. The molecule has 1 heterocycles. The molecule has 28 heavy (non-hydrogen) atoms. The van der Waals surface area contributed by atoms with Gasteiger partial charge in [0.15, 0.2) is 0 Å². The van der Waals surface area contributed by atoms with E-state index in [1.54, 1.807) is 18.7 Å². The zero-order valence-electron chi connectivity index (χ0n) is 18.1. The second-order valence-electron chi connectivity index (χ2n) is 9.02. The summed E-state index contributed by atoms with van der Waals surface area (Å²) < 4.78 is 10.4. The predicted octanol–water partition coefficient (Wildman–Crippen LogP) is 5.29. The van der Waals surface area contributed by atoms with Crippen LogP contribution in [0.2, 0.25) is 0 Å². The summed E-state index contributed by atoms with van der Waals surface area (Å²) >= 11 is 1.61. The molecule has 0 amide bonds. The minimum absolute atomic E-state index is 0.109. The lowest BCUT2D eigenvalue weighted by Crippen LogP contribution is -2.17. The van der Waals surface area contributed by atoms with Gasteiger partial charge in [-0.3, -0.25) is 4.79 Å². The predicted molar refractivity (Wildman–Crippen MR) is 112 cm³/mol. The maximum atomic E-state index is 11.5. The van der Waals surface area contributed by atoms with Gasteiger partial charge in [-0.25, -0.2) is 4.98 Å². The molecule has 0 fully saturated rings. The van der Waals surface area contributed by atoms with Crippen LogP contribution in [0.25, 0.3) is 0 Å². The number of oxazole rings is 1. The average Bonchev–Trinajstić information content (AvgIpc) is 2.91. The van der Waals surface area contributed by atoms with Gasteiger partial charge in [0.1, 0.15) is 11.5 Å². The largest absolute Gasteiger partial charge is 0.507 e. The quantitative estimate of drug-likeness (QED) is 0.538. The lowest BCUT2D eigenvalue weighted by atomic mass is 9.79. The number of carbonyl (C=O) groups is 1. The Morgan fingerprint density at radius 2 is 1.68 bits per heavy atom. The summed E-state index contributed by atoms with van der Waals surface area (Å²) in [6.45, 7) is 14.4. The molecule has 0 radical (unpaired) electrons. The highest BCUT2D eigenvalue weighted by atomic mass is 32.2. The van der Waals surface area contributed by atoms with Crippen LogP contribution in [0.1, 0.15) is 70.0 Å². The van der Waals surface area contributed by atoms with Gasteiger partial charge in [0.2, 0.25) is 5.89 Å². The molecule has 0 bridgehead atoms. The van der Waals surface area contributed by atoms with Crippen molar-refractivity contribution < 1.29 is 19.1 Å².